The van der Waals surface area contributed by atoms with Crippen LogP contribution in [0.1, 0.15) is 49.5 Å². The summed E-state index contributed by atoms with van der Waals surface area (Å²) in [5.41, 5.74) is 6.41. The molecule has 1 fully saturated rings. The largest absolute Gasteiger partial charge is 0.478 e. The molecule has 1 saturated heterocycles. The van der Waals surface area contributed by atoms with Crippen molar-refractivity contribution in [2.24, 2.45) is 11.7 Å². The van der Waals surface area contributed by atoms with Gasteiger partial charge < -0.3 is 20.5 Å². The second-order valence-corrected chi connectivity index (χ2v) is 10.2. The SMILES string of the molecule is Cc1cc(N2CCC(C(=O)OC(C)(C)C)CC2N)c(S(C)(=O)=O)cc1C(=O)O. The Hall–Kier alpha value is -2.13. The monoisotopic (exact) mass is 412 g/mol. The molecule has 2 atom stereocenters. The van der Waals surface area contributed by atoms with Gasteiger partial charge in [0.1, 0.15) is 5.60 Å². The number of carboxylic acid groups (broad SMARTS) is 1. The summed E-state index contributed by atoms with van der Waals surface area (Å²) in [7, 11) is -3.69. The zero-order chi connectivity index (χ0) is 21.4. The number of piperidine rings is 1. The molecule has 1 aliphatic heterocycles. The molecule has 1 aromatic carbocycles. The molecular weight excluding hydrogens is 384 g/mol. The minimum atomic E-state index is -3.69. The first-order valence-electron chi connectivity index (χ1n) is 9.04. The highest BCUT2D eigenvalue weighted by Gasteiger charge is 2.35. The maximum atomic E-state index is 12.3. The van der Waals surface area contributed by atoms with Crippen LogP contribution in [0.4, 0.5) is 5.69 Å². The van der Waals surface area contributed by atoms with Gasteiger partial charge in [-0.2, -0.15) is 0 Å². The number of rotatable bonds is 4. The Morgan fingerprint density at radius 1 is 1.29 bits per heavy atom. The molecule has 3 N–H and O–H groups in total. The predicted octanol–water partition coefficient (Wildman–Crippen LogP) is 1.94. The van der Waals surface area contributed by atoms with Crippen molar-refractivity contribution in [2.45, 2.75) is 57.2 Å². The summed E-state index contributed by atoms with van der Waals surface area (Å²) in [5, 5.41) is 9.31. The Bertz CT molecular complexity index is 888. The van der Waals surface area contributed by atoms with Gasteiger partial charge in [0.15, 0.2) is 9.84 Å². The van der Waals surface area contributed by atoms with Crippen LogP contribution in [0.3, 0.4) is 0 Å². The lowest BCUT2D eigenvalue weighted by molar-refractivity contribution is -0.161. The third kappa shape index (κ3) is 5.02. The smallest absolute Gasteiger partial charge is 0.335 e. The number of nitrogens with zero attached hydrogens (tertiary/aromatic N) is 1. The van der Waals surface area contributed by atoms with E-state index in [1.807, 2.05) is 0 Å². The van der Waals surface area contributed by atoms with Crippen molar-refractivity contribution in [1.82, 2.24) is 0 Å². The summed E-state index contributed by atoms with van der Waals surface area (Å²) in [6.07, 6.45) is 1.22. The van der Waals surface area contributed by atoms with Gasteiger partial charge in [-0.05, 0) is 58.2 Å². The first-order chi connectivity index (χ1) is 12.7. The Morgan fingerprint density at radius 3 is 2.36 bits per heavy atom. The average molecular weight is 413 g/mol. The summed E-state index contributed by atoms with van der Waals surface area (Å²) in [4.78, 5) is 25.4. The van der Waals surface area contributed by atoms with Crippen LogP contribution in [0.5, 0.6) is 0 Å². The molecule has 156 valence electrons. The van der Waals surface area contributed by atoms with Crippen molar-refractivity contribution in [3.63, 3.8) is 0 Å². The fraction of sp³-hybridized carbons (Fsp3) is 0.579. The zero-order valence-electron chi connectivity index (χ0n) is 16.9. The fourth-order valence-corrected chi connectivity index (χ4v) is 4.21. The number of sulfone groups is 1. The minimum Gasteiger partial charge on any atom is -0.478 e. The van der Waals surface area contributed by atoms with Gasteiger partial charge in [-0.3, -0.25) is 4.79 Å². The quantitative estimate of drug-likeness (QED) is 0.718. The highest BCUT2D eigenvalue weighted by molar-refractivity contribution is 7.90. The number of aromatic carboxylic acids is 1. The van der Waals surface area contributed by atoms with E-state index in [0.29, 0.717) is 30.6 Å². The van der Waals surface area contributed by atoms with Gasteiger partial charge in [-0.1, -0.05) is 0 Å². The number of carboxylic acids is 1. The van der Waals surface area contributed by atoms with Gasteiger partial charge in [0.2, 0.25) is 0 Å². The fourth-order valence-electron chi connectivity index (χ4n) is 3.32. The third-order valence-electron chi connectivity index (χ3n) is 4.63. The number of anilines is 1. The molecule has 1 heterocycles. The van der Waals surface area contributed by atoms with Crippen LogP contribution in [0.25, 0.3) is 0 Å². The van der Waals surface area contributed by atoms with E-state index in [-0.39, 0.29) is 22.3 Å². The van der Waals surface area contributed by atoms with Gasteiger partial charge in [0.05, 0.1) is 28.2 Å². The van der Waals surface area contributed by atoms with Crippen molar-refractivity contribution in [3.8, 4) is 0 Å². The molecule has 0 radical (unpaired) electrons. The first-order valence-corrected chi connectivity index (χ1v) is 10.9. The molecule has 2 unspecified atom stereocenters. The van der Waals surface area contributed by atoms with Crippen molar-refractivity contribution < 1.29 is 27.9 Å². The van der Waals surface area contributed by atoms with Crippen molar-refractivity contribution in [3.05, 3.63) is 23.3 Å². The van der Waals surface area contributed by atoms with Crippen molar-refractivity contribution in [2.75, 3.05) is 17.7 Å². The number of benzene rings is 1. The van der Waals surface area contributed by atoms with Crippen LogP contribution in [0.2, 0.25) is 0 Å². The van der Waals surface area contributed by atoms with E-state index < -0.39 is 27.6 Å². The summed E-state index contributed by atoms with van der Waals surface area (Å²) < 4.78 is 30.0. The predicted molar refractivity (Wildman–Crippen MR) is 105 cm³/mol. The van der Waals surface area contributed by atoms with Gasteiger partial charge in [-0.15, -0.1) is 0 Å². The topological polar surface area (TPSA) is 127 Å². The molecule has 0 bridgehead atoms. The summed E-state index contributed by atoms with van der Waals surface area (Å²) in [6, 6.07) is 2.71. The molecule has 1 aliphatic rings. The van der Waals surface area contributed by atoms with Gasteiger partial charge in [0, 0.05) is 12.8 Å². The van der Waals surface area contributed by atoms with Crippen LogP contribution in [-0.4, -0.2) is 50.0 Å². The Kier molecular flexibility index (Phi) is 6.10. The highest BCUT2D eigenvalue weighted by Crippen LogP contribution is 2.34. The lowest BCUT2D eigenvalue weighted by atomic mass is 9.93. The van der Waals surface area contributed by atoms with E-state index in [2.05, 4.69) is 0 Å². The van der Waals surface area contributed by atoms with Crippen LogP contribution in [0.15, 0.2) is 17.0 Å². The third-order valence-corrected chi connectivity index (χ3v) is 5.76. The Labute approximate surface area is 165 Å². The zero-order valence-corrected chi connectivity index (χ0v) is 17.7. The summed E-state index contributed by atoms with van der Waals surface area (Å²) >= 11 is 0. The molecule has 0 spiro atoms. The highest BCUT2D eigenvalue weighted by atomic mass is 32.2. The van der Waals surface area contributed by atoms with Gasteiger partial charge >= 0.3 is 11.9 Å². The minimum absolute atomic E-state index is 0.0682. The molecule has 28 heavy (non-hydrogen) atoms. The molecular formula is C19H28N2O6S. The number of nitrogens with two attached hydrogens (primary N) is 1. The lowest BCUT2D eigenvalue weighted by Crippen LogP contribution is -2.50. The normalized spacial score (nSPS) is 20.7. The Balaban J connectivity index is 2.35. The van der Waals surface area contributed by atoms with Gasteiger partial charge in [0.25, 0.3) is 0 Å². The molecule has 2 rings (SSSR count). The van der Waals surface area contributed by atoms with Crippen molar-refractivity contribution in [1.29, 1.82) is 0 Å². The second-order valence-electron chi connectivity index (χ2n) is 8.23. The number of ether oxygens (including phenoxy) is 1. The standard InChI is InChI=1S/C19H28N2O6S/c1-11-8-14(15(28(5,25)26)10-13(11)17(22)23)21-7-6-12(9-16(21)20)18(24)27-19(2,3)4/h8,10,12,16H,6-7,9,20H2,1-5H3,(H,22,23). The van der Waals surface area contributed by atoms with E-state index in [9.17, 15) is 23.1 Å². The number of aryl methyl sites for hydroxylation is 1. The molecule has 0 amide bonds. The molecule has 0 saturated carbocycles. The van der Waals surface area contributed by atoms with Crippen molar-refractivity contribution >= 4 is 27.5 Å². The summed E-state index contributed by atoms with van der Waals surface area (Å²) in [6.45, 7) is 7.36. The van der Waals surface area contributed by atoms with E-state index in [1.165, 1.54) is 12.1 Å². The van der Waals surface area contributed by atoms with Crippen LogP contribution in [0, 0.1) is 12.8 Å². The molecule has 8 nitrogen and oxygen atoms in total. The van der Waals surface area contributed by atoms with E-state index in [0.717, 1.165) is 6.26 Å². The number of carbonyl (C=O) groups excluding carboxylic acids is 1. The Morgan fingerprint density at radius 2 is 1.89 bits per heavy atom. The van der Waals surface area contributed by atoms with E-state index >= 15 is 0 Å². The summed E-state index contributed by atoms with van der Waals surface area (Å²) in [5.74, 6) is -1.88. The lowest BCUT2D eigenvalue weighted by Gasteiger charge is -2.39. The molecule has 0 aromatic heterocycles. The van der Waals surface area contributed by atoms with E-state index in [1.54, 1.807) is 32.6 Å². The number of carbonyl (C=O) groups is 2. The van der Waals surface area contributed by atoms with Crippen LogP contribution in [-0.2, 0) is 19.4 Å². The molecule has 1 aromatic rings. The maximum absolute atomic E-state index is 12.3. The number of hydrogen-bond acceptors (Lipinski definition) is 7. The maximum Gasteiger partial charge on any atom is 0.335 e. The first kappa shape index (κ1) is 22.2. The van der Waals surface area contributed by atoms with E-state index in [4.69, 9.17) is 10.5 Å². The van der Waals surface area contributed by atoms with Crippen LogP contribution >= 0.6 is 0 Å². The van der Waals surface area contributed by atoms with Crippen LogP contribution < -0.4 is 10.6 Å². The molecule has 9 heteroatoms. The number of esters is 1. The average Bonchev–Trinajstić information content (AvgIpc) is 2.51. The van der Waals surface area contributed by atoms with Gasteiger partial charge in [-0.25, -0.2) is 13.2 Å². The number of hydrogen-bond donors (Lipinski definition) is 2. The second kappa shape index (κ2) is 7.71. The molecule has 0 aliphatic carbocycles.